The molecule has 3 heteroatoms. The number of nitrogens with two attached hydrogens (primary N) is 1. The Morgan fingerprint density at radius 1 is 1.62 bits per heavy atom. The van der Waals surface area contributed by atoms with Crippen molar-refractivity contribution in [1.82, 2.24) is 4.90 Å². The maximum Gasteiger partial charge on any atom is 0.0793 e. The van der Waals surface area contributed by atoms with E-state index in [-0.39, 0.29) is 6.10 Å². The van der Waals surface area contributed by atoms with Gasteiger partial charge in [-0.2, -0.15) is 0 Å². The second-order valence-corrected chi connectivity index (χ2v) is 2.20. The van der Waals surface area contributed by atoms with Crippen LogP contribution < -0.4 is 5.73 Å². The minimum absolute atomic E-state index is 0.0819. The molecule has 8 heavy (non-hydrogen) atoms. The normalized spacial score (nSPS) is 23.2. The smallest absolute Gasteiger partial charge is 0.0793 e. The number of likely N-dealkylation sites (tertiary alicyclic amines) is 1. The van der Waals surface area contributed by atoms with Crippen molar-refractivity contribution in [3.63, 3.8) is 0 Å². The van der Waals surface area contributed by atoms with Gasteiger partial charge in [0.1, 0.15) is 0 Å². The monoisotopic (exact) mass is 116 g/mol. The van der Waals surface area contributed by atoms with Crippen molar-refractivity contribution in [2.45, 2.75) is 6.10 Å². The standard InChI is InChI=1S/C5H12N2O/c6-1-2-7-3-5(8)4-7/h5,8H,1-4,6H2. The molecule has 0 radical (unpaired) electrons. The highest BCUT2D eigenvalue weighted by Crippen LogP contribution is 2.04. The maximum absolute atomic E-state index is 8.76. The summed E-state index contributed by atoms with van der Waals surface area (Å²) in [5, 5.41) is 8.76. The summed E-state index contributed by atoms with van der Waals surface area (Å²) in [5.41, 5.74) is 5.26. The molecule has 3 nitrogen and oxygen atoms in total. The van der Waals surface area contributed by atoms with E-state index in [1.54, 1.807) is 0 Å². The lowest BCUT2D eigenvalue weighted by Crippen LogP contribution is -2.52. The molecule has 0 saturated carbocycles. The Hall–Kier alpha value is -0.120. The molecular weight excluding hydrogens is 104 g/mol. The van der Waals surface area contributed by atoms with E-state index in [0.29, 0.717) is 6.54 Å². The van der Waals surface area contributed by atoms with Gasteiger partial charge in [-0.25, -0.2) is 0 Å². The summed E-state index contributed by atoms with van der Waals surface area (Å²) in [7, 11) is 0. The van der Waals surface area contributed by atoms with E-state index in [2.05, 4.69) is 4.90 Å². The predicted molar refractivity (Wildman–Crippen MR) is 31.5 cm³/mol. The van der Waals surface area contributed by atoms with Crippen molar-refractivity contribution in [1.29, 1.82) is 0 Å². The number of aliphatic hydroxyl groups is 1. The van der Waals surface area contributed by atoms with Crippen LogP contribution in [0, 0.1) is 0 Å². The quantitative estimate of drug-likeness (QED) is 0.467. The minimum atomic E-state index is -0.0819. The first kappa shape index (κ1) is 6.01. The van der Waals surface area contributed by atoms with Crippen molar-refractivity contribution >= 4 is 0 Å². The topological polar surface area (TPSA) is 49.5 Å². The summed E-state index contributed by atoms with van der Waals surface area (Å²) in [6, 6.07) is 0. The fourth-order valence-electron chi connectivity index (χ4n) is 0.908. The third-order valence-electron chi connectivity index (χ3n) is 1.38. The molecule has 1 saturated heterocycles. The van der Waals surface area contributed by atoms with Crippen LogP contribution in [-0.4, -0.2) is 42.3 Å². The van der Waals surface area contributed by atoms with Crippen LogP contribution in [0.15, 0.2) is 0 Å². The molecule has 0 unspecified atom stereocenters. The van der Waals surface area contributed by atoms with Gasteiger partial charge < -0.3 is 10.8 Å². The highest BCUT2D eigenvalue weighted by atomic mass is 16.3. The number of β-amino-alcohol motifs (C(OH)–C–C–N with tert-alkyl or cyclic N) is 1. The molecule has 3 N–H and O–H groups in total. The third kappa shape index (κ3) is 1.18. The summed E-state index contributed by atoms with van der Waals surface area (Å²) < 4.78 is 0. The van der Waals surface area contributed by atoms with Gasteiger partial charge in [-0.3, -0.25) is 4.90 Å². The van der Waals surface area contributed by atoms with E-state index in [4.69, 9.17) is 10.8 Å². The van der Waals surface area contributed by atoms with Gasteiger partial charge in [0.15, 0.2) is 0 Å². The van der Waals surface area contributed by atoms with Gasteiger partial charge in [-0.15, -0.1) is 0 Å². The number of hydrogen-bond donors (Lipinski definition) is 2. The van der Waals surface area contributed by atoms with Gasteiger partial charge in [0, 0.05) is 26.2 Å². The van der Waals surface area contributed by atoms with Crippen molar-refractivity contribution < 1.29 is 5.11 Å². The molecule has 0 aliphatic carbocycles. The van der Waals surface area contributed by atoms with E-state index in [1.165, 1.54) is 0 Å². The Labute approximate surface area is 49.1 Å². The first-order valence-corrected chi connectivity index (χ1v) is 2.93. The lowest BCUT2D eigenvalue weighted by atomic mass is 10.2. The Balaban J connectivity index is 1.98. The zero-order valence-corrected chi connectivity index (χ0v) is 4.88. The van der Waals surface area contributed by atoms with E-state index in [0.717, 1.165) is 19.6 Å². The summed E-state index contributed by atoms with van der Waals surface area (Å²) in [4.78, 5) is 2.13. The Kier molecular flexibility index (Phi) is 1.83. The molecule has 0 aromatic rings. The Morgan fingerprint density at radius 2 is 2.25 bits per heavy atom. The van der Waals surface area contributed by atoms with Gasteiger partial charge in [0.2, 0.25) is 0 Å². The zero-order chi connectivity index (χ0) is 5.98. The fourth-order valence-corrected chi connectivity index (χ4v) is 0.908. The van der Waals surface area contributed by atoms with Gasteiger partial charge >= 0.3 is 0 Å². The molecule has 0 bridgehead atoms. The molecule has 0 spiro atoms. The molecule has 0 amide bonds. The van der Waals surface area contributed by atoms with Crippen molar-refractivity contribution in [3.8, 4) is 0 Å². The molecule has 1 rings (SSSR count). The van der Waals surface area contributed by atoms with Crippen molar-refractivity contribution in [2.75, 3.05) is 26.2 Å². The van der Waals surface area contributed by atoms with E-state index in [1.807, 2.05) is 0 Å². The molecule has 1 aliphatic heterocycles. The first-order chi connectivity index (χ1) is 3.83. The van der Waals surface area contributed by atoms with Crippen LogP contribution >= 0.6 is 0 Å². The molecule has 0 aromatic carbocycles. The average molecular weight is 116 g/mol. The van der Waals surface area contributed by atoms with Crippen LogP contribution in [0.25, 0.3) is 0 Å². The van der Waals surface area contributed by atoms with Crippen molar-refractivity contribution in [2.24, 2.45) is 5.73 Å². The summed E-state index contributed by atoms with van der Waals surface area (Å²) >= 11 is 0. The lowest BCUT2D eigenvalue weighted by molar-refractivity contribution is 0.00440. The highest BCUT2D eigenvalue weighted by Gasteiger charge is 2.22. The number of rotatable bonds is 2. The summed E-state index contributed by atoms with van der Waals surface area (Å²) in [6.07, 6.45) is -0.0819. The lowest BCUT2D eigenvalue weighted by Gasteiger charge is -2.35. The van der Waals surface area contributed by atoms with Crippen LogP contribution in [0.2, 0.25) is 0 Å². The highest BCUT2D eigenvalue weighted by molar-refractivity contribution is 4.78. The van der Waals surface area contributed by atoms with Gasteiger partial charge in [0.05, 0.1) is 6.10 Å². The van der Waals surface area contributed by atoms with E-state index >= 15 is 0 Å². The number of hydrogen-bond acceptors (Lipinski definition) is 3. The predicted octanol–water partition coefficient (Wildman–Crippen LogP) is -1.38. The second kappa shape index (κ2) is 2.44. The molecular formula is C5H12N2O. The molecule has 1 heterocycles. The molecule has 0 aromatic heterocycles. The Bertz CT molecular complexity index is 68.1. The molecule has 1 aliphatic rings. The fraction of sp³-hybridized carbons (Fsp3) is 1.00. The third-order valence-corrected chi connectivity index (χ3v) is 1.38. The second-order valence-electron chi connectivity index (χ2n) is 2.20. The average Bonchev–Trinajstić information content (AvgIpc) is 1.64. The van der Waals surface area contributed by atoms with Crippen LogP contribution in [0.3, 0.4) is 0 Å². The zero-order valence-electron chi connectivity index (χ0n) is 4.88. The molecule has 1 fully saturated rings. The van der Waals surface area contributed by atoms with Crippen LogP contribution in [-0.2, 0) is 0 Å². The van der Waals surface area contributed by atoms with Gasteiger partial charge in [-0.05, 0) is 0 Å². The van der Waals surface area contributed by atoms with Crippen molar-refractivity contribution in [3.05, 3.63) is 0 Å². The first-order valence-electron chi connectivity index (χ1n) is 2.93. The van der Waals surface area contributed by atoms with Gasteiger partial charge in [-0.1, -0.05) is 0 Å². The molecule has 0 atom stereocenters. The largest absolute Gasteiger partial charge is 0.390 e. The summed E-state index contributed by atoms with van der Waals surface area (Å²) in [6.45, 7) is 3.26. The summed E-state index contributed by atoms with van der Waals surface area (Å²) in [5.74, 6) is 0. The van der Waals surface area contributed by atoms with E-state index < -0.39 is 0 Å². The molecule has 48 valence electrons. The number of nitrogens with zero attached hydrogens (tertiary/aromatic N) is 1. The number of aliphatic hydroxyl groups excluding tert-OH is 1. The van der Waals surface area contributed by atoms with Gasteiger partial charge in [0.25, 0.3) is 0 Å². The van der Waals surface area contributed by atoms with E-state index in [9.17, 15) is 0 Å². The minimum Gasteiger partial charge on any atom is -0.390 e. The van der Waals surface area contributed by atoms with Crippen LogP contribution in [0.4, 0.5) is 0 Å². The van der Waals surface area contributed by atoms with Crippen LogP contribution in [0.1, 0.15) is 0 Å². The SMILES string of the molecule is NCCN1CC(O)C1. The maximum atomic E-state index is 8.76. The van der Waals surface area contributed by atoms with Crippen LogP contribution in [0.5, 0.6) is 0 Å². The Morgan fingerprint density at radius 3 is 2.62 bits per heavy atom.